The molecule has 1 aromatic heterocycles. The molecule has 0 aliphatic rings. The Morgan fingerprint density at radius 2 is 2.27 bits per heavy atom. The number of carboxylic acids is 1. The first-order chi connectivity index (χ1) is 7.15. The van der Waals surface area contributed by atoms with Crippen LogP contribution < -0.4 is 4.90 Å². The third kappa shape index (κ3) is 3.05. The summed E-state index contributed by atoms with van der Waals surface area (Å²) < 4.78 is 0. The molecule has 0 saturated heterocycles. The predicted molar refractivity (Wildman–Crippen MR) is 56.8 cm³/mol. The average molecular weight is 207 g/mol. The quantitative estimate of drug-likeness (QED) is 0.725. The van der Waals surface area contributed by atoms with Crippen molar-refractivity contribution >= 4 is 11.8 Å². The summed E-state index contributed by atoms with van der Waals surface area (Å²) in [4.78, 5) is 20.4. The molecule has 0 aliphatic carbocycles. The van der Waals surface area contributed by atoms with Crippen LogP contribution in [0.3, 0.4) is 0 Å². The van der Waals surface area contributed by atoms with Gasteiger partial charge in [0.25, 0.3) is 0 Å². The zero-order valence-electron chi connectivity index (χ0n) is 8.55. The fraction of sp³-hybridized carbons (Fsp3) is 0.300. The van der Waals surface area contributed by atoms with E-state index in [4.69, 9.17) is 5.11 Å². The van der Waals surface area contributed by atoms with E-state index in [0.717, 1.165) is 0 Å². The number of aliphatic carboxylic acids is 1. The molecule has 0 saturated carbocycles. The maximum atomic E-state index is 10.6. The van der Waals surface area contributed by atoms with Crippen LogP contribution in [-0.4, -0.2) is 34.1 Å². The highest BCUT2D eigenvalue weighted by Crippen LogP contribution is 2.12. The summed E-state index contributed by atoms with van der Waals surface area (Å²) in [5, 5.41) is 8.74. The maximum absolute atomic E-state index is 10.6. The number of nitrogens with zero attached hydrogens (tertiary/aromatic N) is 3. The molecule has 80 valence electrons. The summed E-state index contributed by atoms with van der Waals surface area (Å²) in [7, 11) is 0. The molecule has 1 rings (SSSR count). The van der Waals surface area contributed by atoms with Gasteiger partial charge in [0.15, 0.2) is 5.82 Å². The van der Waals surface area contributed by atoms with E-state index in [2.05, 4.69) is 16.5 Å². The molecule has 1 aromatic rings. The number of carbonyl (C=O) groups is 1. The highest BCUT2D eigenvalue weighted by molar-refractivity contribution is 5.73. The van der Waals surface area contributed by atoms with Crippen LogP contribution in [0.5, 0.6) is 0 Å². The van der Waals surface area contributed by atoms with Gasteiger partial charge in [0.2, 0.25) is 0 Å². The van der Waals surface area contributed by atoms with Gasteiger partial charge in [-0.25, -0.2) is 4.98 Å². The monoisotopic (exact) mass is 207 g/mol. The number of rotatable bonds is 5. The molecule has 5 nitrogen and oxygen atoms in total. The SMILES string of the molecule is C=CCN(CC(=O)O)c1nccnc1C. The molecule has 0 unspecified atom stereocenters. The van der Waals surface area contributed by atoms with Crippen LogP contribution in [0.2, 0.25) is 0 Å². The molecule has 0 bridgehead atoms. The summed E-state index contributed by atoms with van der Waals surface area (Å²) >= 11 is 0. The Labute approximate surface area is 88.1 Å². The molecule has 1 N–H and O–H groups in total. The smallest absolute Gasteiger partial charge is 0.323 e. The fourth-order valence-corrected chi connectivity index (χ4v) is 1.26. The zero-order chi connectivity index (χ0) is 11.3. The van der Waals surface area contributed by atoms with Crippen molar-refractivity contribution < 1.29 is 9.90 Å². The van der Waals surface area contributed by atoms with Crippen molar-refractivity contribution in [2.75, 3.05) is 18.0 Å². The van der Waals surface area contributed by atoms with E-state index in [9.17, 15) is 4.79 Å². The lowest BCUT2D eigenvalue weighted by Crippen LogP contribution is -2.31. The van der Waals surface area contributed by atoms with Gasteiger partial charge in [-0.2, -0.15) is 0 Å². The van der Waals surface area contributed by atoms with Crippen LogP contribution in [0.25, 0.3) is 0 Å². The molecule has 0 aliphatic heterocycles. The van der Waals surface area contributed by atoms with Crippen LogP contribution in [0.15, 0.2) is 25.0 Å². The second-order valence-electron chi connectivity index (χ2n) is 3.03. The number of carboxylic acid groups (broad SMARTS) is 1. The second kappa shape index (κ2) is 5.09. The fourth-order valence-electron chi connectivity index (χ4n) is 1.26. The largest absolute Gasteiger partial charge is 0.480 e. The molecule has 0 amide bonds. The molecule has 0 aromatic carbocycles. The molecule has 5 heteroatoms. The van der Waals surface area contributed by atoms with Crippen molar-refractivity contribution in [2.45, 2.75) is 6.92 Å². The lowest BCUT2D eigenvalue weighted by molar-refractivity contribution is -0.135. The van der Waals surface area contributed by atoms with Crippen molar-refractivity contribution in [1.29, 1.82) is 0 Å². The van der Waals surface area contributed by atoms with Crippen LogP contribution in [0.1, 0.15) is 5.69 Å². The third-order valence-electron chi connectivity index (χ3n) is 1.83. The lowest BCUT2D eigenvalue weighted by Gasteiger charge is -2.20. The van der Waals surface area contributed by atoms with Crippen LogP contribution in [-0.2, 0) is 4.79 Å². The van der Waals surface area contributed by atoms with Gasteiger partial charge in [-0.15, -0.1) is 6.58 Å². The van der Waals surface area contributed by atoms with Crippen LogP contribution >= 0.6 is 0 Å². The lowest BCUT2D eigenvalue weighted by atomic mass is 10.3. The first kappa shape index (κ1) is 11.2. The van der Waals surface area contributed by atoms with Gasteiger partial charge in [0.1, 0.15) is 6.54 Å². The van der Waals surface area contributed by atoms with Gasteiger partial charge in [-0.3, -0.25) is 9.78 Å². The Morgan fingerprint density at radius 1 is 1.60 bits per heavy atom. The first-order valence-corrected chi connectivity index (χ1v) is 4.50. The molecule has 0 fully saturated rings. The van der Waals surface area contributed by atoms with Crippen molar-refractivity contribution in [1.82, 2.24) is 9.97 Å². The molecule has 0 spiro atoms. The van der Waals surface area contributed by atoms with Crippen LogP contribution in [0, 0.1) is 6.92 Å². The van der Waals surface area contributed by atoms with E-state index in [1.807, 2.05) is 0 Å². The predicted octanol–water partition coefficient (Wildman–Crippen LogP) is 0.862. The normalized spacial score (nSPS) is 9.67. The maximum Gasteiger partial charge on any atom is 0.323 e. The molecule has 0 radical (unpaired) electrons. The van der Waals surface area contributed by atoms with E-state index in [0.29, 0.717) is 18.1 Å². The second-order valence-corrected chi connectivity index (χ2v) is 3.03. The van der Waals surface area contributed by atoms with E-state index in [1.165, 1.54) is 0 Å². The Morgan fingerprint density at radius 3 is 2.80 bits per heavy atom. The van der Waals surface area contributed by atoms with Gasteiger partial charge in [0.05, 0.1) is 5.69 Å². The minimum absolute atomic E-state index is 0.106. The zero-order valence-corrected chi connectivity index (χ0v) is 8.55. The highest BCUT2D eigenvalue weighted by atomic mass is 16.4. The van der Waals surface area contributed by atoms with Crippen LogP contribution in [0.4, 0.5) is 5.82 Å². The number of aryl methyl sites for hydroxylation is 1. The van der Waals surface area contributed by atoms with Crippen molar-refractivity contribution in [3.8, 4) is 0 Å². The van der Waals surface area contributed by atoms with Gasteiger partial charge in [0, 0.05) is 18.9 Å². The summed E-state index contributed by atoms with van der Waals surface area (Å²) in [6, 6.07) is 0. The Bertz CT molecular complexity index is 365. The van der Waals surface area contributed by atoms with Crippen molar-refractivity contribution in [3.05, 3.63) is 30.7 Å². The third-order valence-corrected chi connectivity index (χ3v) is 1.83. The number of hydrogen-bond acceptors (Lipinski definition) is 4. The molecule has 15 heavy (non-hydrogen) atoms. The average Bonchev–Trinajstić information content (AvgIpc) is 2.17. The van der Waals surface area contributed by atoms with E-state index in [-0.39, 0.29) is 6.54 Å². The Kier molecular flexibility index (Phi) is 3.79. The summed E-state index contributed by atoms with van der Waals surface area (Å²) in [5.74, 6) is -0.318. The topological polar surface area (TPSA) is 66.3 Å². The first-order valence-electron chi connectivity index (χ1n) is 4.50. The molecule has 0 atom stereocenters. The minimum Gasteiger partial charge on any atom is -0.480 e. The Hall–Kier alpha value is -1.91. The van der Waals surface area contributed by atoms with Gasteiger partial charge >= 0.3 is 5.97 Å². The number of anilines is 1. The molecular weight excluding hydrogens is 194 g/mol. The van der Waals surface area contributed by atoms with Gasteiger partial charge in [-0.1, -0.05) is 6.08 Å². The molecule has 1 heterocycles. The van der Waals surface area contributed by atoms with Crippen molar-refractivity contribution in [2.24, 2.45) is 0 Å². The number of hydrogen-bond donors (Lipinski definition) is 1. The van der Waals surface area contributed by atoms with Crippen molar-refractivity contribution in [3.63, 3.8) is 0 Å². The van der Waals surface area contributed by atoms with E-state index < -0.39 is 5.97 Å². The van der Waals surface area contributed by atoms with E-state index >= 15 is 0 Å². The summed E-state index contributed by atoms with van der Waals surface area (Å²) in [5.41, 5.74) is 0.709. The standard InChI is InChI=1S/C10H13N3O2/c1-3-6-13(7-9(14)15)10-8(2)11-4-5-12-10/h3-5H,1,6-7H2,2H3,(H,14,15). The minimum atomic E-state index is -0.901. The van der Waals surface area contributed by atoms with Gasteiger partial charge in [-0.05, 0) is 6.92 Å². The summed E-state index contributed by atoms with van der Waals surface area (Å²) in [6.45, 7) is 5.70. The van der Waals surface area contributed by atoms with E-state index in [1.54, 1.807) is 30.3 Å². The number of aromatic nitrogens is 2. The highest BCUT2D eigenvalue weighted by Gasteiger charge is 2.12. The Balaban J connectivity index is 2.92. The molecular formula is C10H13N3O2. The van der Waals surface area contributed by atoms with Gasteiger partial charge < -0.3 is 10.0 Å². The summed E-state index contributed by atoms with van der Waals surface area (Å²) in [6.07, 6.45) is 4.75.